The molecule has 0 unspecified atom stereocenters. The lowest BCUT2D eigenvalue weighted by atomic mass is 9.53. The van der Waals surface area contributed by atoms with Crippen molar-refractivity contribution in [2.75, 3.05) is 6.54 Å². The van der Waals surface area contributed by atoms with E-state index in [0.717, 1.165) is 13.8 Å². The van der Waals surface area contributed by atoms with Crippen molar-refractivity contribution in [3.05, 3.63) is 0 Å². The van der Waals surface area contributed by atoms with Crippen molar-refractivity contribution < 1.29 is 28.6 Å². The van der Waals surface area contributed by atoms with Gasteiger partial charge >= 0.3 is 5.97 Å². The van der Waals surface area contributed by atoms with Crippen molar-refractivity contribution in [1.29, 1.82) is 0 Å². The number of amides is 1. The predicted molar refractivity (Wildman–Crippen MR) is 74.5 cm³/mol. The van der Waals surface area contributed by atoms with Crippen LogP contribution in [0.3, 0.4) is 0 Å². The van der Waals surface area contributed by atoms with Crippen LogP contribution in [0, 0.1) is 10.8 Å². The average Bonchev–Trinajstić information content (AvgIpc) is 2.45. The van der Waals surface area contributed by atoms with Crippen molar-refractivity contribution in [2.45, 2.75) is 63.9 Å². The average molecular weight is 319 g/mol. The van der Waals surface area contributed by atoms with Crippen LogP contribution in [0.4, 0.5) is 8.78 Å². The van der Waals surface area contributed by atoms with Crippen LogP contribution in [-0.2, 0) is 9.59 Å². The molecular weight excluding hydrogens is 296 g/mol. The van der Waals surface area contributed by atoms with Crippen LogP contribution in [0.1, 0.15) is 52.4 Å². The number of aliphatic carboxylic acids is 1. The number of carbonyl (C=O) groups is 2. The minimum Gasteiger partial charge on any atom is -0.481 e. The van der Waals surface area contributed by atoms with Crippen LogP contribution >= 0.6 is 0 Å². The van der Waals surface area contributed by atoms with Gasteiger partial charge in [0.05, 0.1) is 12.0 Å². The van der Waals surface area contributed by atoms with E-state index in [1.807, 2.05) is 0 Å². The summed E-state index contributed by atoms with van der Waals surface area (Å²) >= 11 is 0. The van der Waals surface area contributed by atoms with E-state index in [-0.39, 0.29) is 0 Å². The smallest absolute Gasteiger partial charge is 0.309 e. The molecule has 0 aromatic heterocycles. The Kier molecular flexibility index (Phi) is 4.00. The number of nitrogens with one attached hydrogen (secondary N) is 1. The number of carbonyl (C=O) groups excluding carboxylic acids is 1. The van der Waals surface area contributed by atoms with E-state index in [1.54, 1.807) is 0 Å². The summed E-state index contributed by atoms with van der Waals surface area (Å²) in [4.78, 5) is 23.7. The monoisotopic (exact) mass is 319 g/mol. The summed E-state index contributed by atoms with van der Waals surface area (Å²) in [6, 6.07) is 0. The lowest BCUT2D eigenvalue weighted by Crippen LogP contribution is -2.56. The third kappa shape index (κ3) is 2.71. The first-order valence-electron chi connectivity index (χ1n) is 7.56. The number of carboxylic acid groups (broad SMARTS) is 1. The van der Waals surface area contributed by atoms with Gasteiger partial charge in [-0.05, 0) is 52.4 Å². The second kappa shape index (κ2) is 5.15. The highest BCUT2D eigenvalue weighted by Gasteiger charge is 2.56. The molecule has 5 nitrogen and oxygen atoms in total. The standard InChI is InChI=1S/C15H23F2NO4/c1-12(2,22)15(16,17)9-18-10(19)13-3-6-14(7-4-13,8-5-13)11(20)21/h22H,3-9H2,1-2H3,(H,18,19)(H,20,21). The number of hydrogen-bond donors (Lipinski definition) is 3. The molecule has 2 bridgehead atoms. The molecule has 7 heteroatoms. The Hall–Kier alpha value is -1.24. The first-order valence-corrected chi connectivity index (χ1v) is 7.56. The van der Waals surface area contributed by atoms with Crippen LogP contribution in [0.5, 0.6) is 0 Å². The lowest BCUT2D eigenvalue weighted by molar-refractivity contribution is -0.169. The Labute approximate surface area is 128 Å². The number of hydrogen-bond acceptors (Lipinski definition) is 3. The number of rotatable bonds is 5. The molecule has 1 amide bonds. The molecule has 3 rings (SSSR count). The highest BCUT2D eigenvalue weighted by molar-refractivity contribution is 5.84. The molecule has 0 heterocycles. The van der Waals surface area contributed by atoms with E-state index >= 15 is 0 Å². The van der Waals surface area contributed by atoms with Gasteiger partial charge in [0, 0.05) is 5.41 Å². The Morgan fingerprint density at radius 1 is 1.05 bits per heavy atom. The third-order valence-electron chi connectivity index (χ3n) is 5.55. The number of halogens is 2. The van der Waals surface area contributed by atoms with Gasteiger partial charge in [0.1, 0.15) is 5.60 Å². The maximum atomic E-state index is 13.7. The first kappa shape index (κ1) is 17.1. The molecule has 3 aliphatic carbocycles. The molecule has 0 saturated heterocycles. The van der Waals surface area contributed by atoms with Gasteiger partial charge in [0.2, 0.25) is 5.91 Å². The van der Waals surface area contributed by atoms with Crippen molar-refractivity contribution in [3.63, 3.8) is 0 Å². The van der Waals surface area contributed by atoms with Crippen molar-refractivity contribution in [3.8, 4) is 0 Å². The lowest BCUT2D eigenvalue weighted by Gasteiger charge is -2.50. The van der Waals surface area contributed by atoms with E-state index < -0.39 is 40.8 Å². The summed E-state index contributed by atoms with van der Waals surface area (Å²) in [5, 5.41) is 21.0. The van der Waals surface area contributed by atoms with Crippen LogP contribution in [-0.4, -0.2) is 40.2 Å². The summed E-state index contributed by atoms with van der Waals surface area (Å²) in [5.41, 5.74) is -3.68. The van der Waals surface area contributed by atoms with Crippen LogP contribution in [0.15, 0.2) is 0 Å². The molecule has 0 spiro atoms. The molecule has 0 atom stereocenters. The SMILES string of the molecule is CC(C)(O)C(F)(F)CNC(=O)C12CCC(C(=O)O)(CC1)CC2. The van der Waals surface area contributed by atoms with E-state index in [9.17, 15) is 28.6 Å². The summed E-state index contributed by atoms with van der Waals surface area (Å²) < 4.78 is 27.4. The topological polar surface area (TPSA) is 86.6 Å². The molecule has 0 aromatic carbocycles. The molecule has 3 N–H and O–H groups in total. The van der Waals surface area contributed by atoms with Gasteiger partial charge < -0.3 is 15.5 Å². The third-order valence-corrected chi connectivity index (χ3v) is 5.55. The predicted octanol–water partition coefficient (Wildman–Crippen LogP) is 1.93. The maximum absolute atomic E-state index is 13.7. The Bertz CT molecular complexity index is 460. The number of alkyl halides is 2. The van der Waals surface area contributed by atoms with Gasteiger partial charge in [-0.15, -0.1) is 0 Å². The van der Waals surface area contributed by atoms with Crippen LogP contribution in [0.25, 0.3) is 0 Å². The van der Waals surface area contributed by atoms with E-state index in [1.165, 1.54) is 0 Å². The molecule has 3 saturated carbocycles. The molecule has 0 aromatic rings. The summed E-state index contributed by atoms with van der Waals surface area (Å²) in [5.74, 6) is -4.70. The largest absolute Gasteiger partial charge is 0.481 e. The highest BCUT2D eigenvalue weighted by Crippen LogP contribution is 2.57. The summed E-state index contributed by atoms with van der Waals surface area (Å²) in [7, 11) is 0. The van der Waals surface area contributed by atoms with Crippen molar-refractivity contribution in [1.82, 2.24) is 5.32 Å². The fourth-order valence-electron chi connectivity index (χ4n) is 3.44. The number of fused-ring (bicyclic) bond motifs is 3. The summed E-state index contributed by atoms with van der Waals surface area (Å²) in [6.45, 7) is 1.08. The van der Waals surface area contributed by atoms with Gasteiger partial charge in [-0.25, -0.2) is 8.78 Å². The molecule has 0 radical (unpaired) electrons. The Morgan fingerprint density at radius 2 is 1.45 bits per heavy atom. The van der Waals surface area contributed by atoms with Gasteiger partial charge in [0.25, 0.3) is 5.92 Å². The molecule has 0 aliphatic heterocycles. The zero-order valence-electron chi connectivity index (χ0n) is 12.9. The fourth-order valence-corrected chi connectivity index (χ4v) is 3.44. The molecule has 22 heavy (non-hydrogen) atoms. The van der Waals surface area contributed by atoms with Crippen LogP contribution < -0.4 is 5.32 Å². The van der Waals surface area contributed by atoms with Gasteiger partial charge in [-0.3, -0.25) is 9.59 Å². The normalized spacial score (nSPS) is 31.9. The molecular formula is C15H23F2NO4. The second-order valence-electron chi connectivity index (χ2n) is 7.31. The zero-order valence-corrected chi connectivity index (χ0v) is 12.9. The van der Waals surface area contributed by atoms with Crippen molar-refractivity contribution >= 4 is 11.9 Å². The Balaban J connectivity index is 1.99. The maximum Gasteiger partial charge on any atom is 0.309 e. The second-order valence-corrected chi connectivity index (χ2v) is 7.31. The molecule has 3 fully saturated rings. The zero-order chi connectivity index (χ0) is 16.8. The van der Waals surface area contributed by atoms with Crippen molar-refractivity contribution in [2.24, 2.45) is 10.8 Å². The fraction of sp³-hybridized carbons (Fsp3) is 0.867. The minimum absolute atomic E-state index is 0.414. The van der Waals surface area contributed by atoms with Gasteiger partial charge in [-0.2, -0.15) is 0 Å². The van der Waals surface area contributed by atoms with Gasteiger partial charge in [-0.1, -0.05) is 0 Å². The molecule has 126 valence electrons. The Morgan fingerprint density at radius 3 is 1.82 bits per heavy atom. The van der Waals surface area contributed by atoms with E-state index in [2.05, 4.69) is 5.32 Å². The van der Waals surface area contributed by atoms with Gasteiger partial charge in [0.15, 0.2) is 0 Å². The first-order chi connectivity index (χ1) is 9.94. The van der Waals surface area contributed by atoms with E-state index in [4.69, 9.17) is 0 Å². The number of carboxylic acids is 1. The highest BCUT2D eigenvalue weighted by atomic mass is 19.3. The minimum atomic E-state index is -3.42. The summed E-state index contributed by atoms with van der Waals surface area (Å²) in [6.07, 6.45) is 2.49. The number of aliphatic hydroxyl groups is 1. The van der Waals surface area contributed by atoms with E-state index in [0.29, 0.717) is 38.5 Å². The quantitative estimate of drug-likeness (QED) is 0.723. The van der Waals surface area contributed by atoms with Crippen LogP contribution in [0.2, 0.25) is 0 Å². The molecule has 3 aliphatic rings.